The summed E-state index contributed by atoms with van der Waals surface area (Å²) < 4.78 is 57.1. The van der Waals surface area contributed by atoms with Crippen molar-refractivity contribution in [1.82, 2.24) is 5.32 Å². The summed E-state index contributed by atoms with van der Waals surface area (Å²) in [6, 6.07) is 0.160. The predicted molar refractivity (Wildman–Crippen MR) is 68.7 cm³/mol. The highest BCUT2D eigenvalue weighted by atomic mass is 19.2. The molecule has 20 heavy (non-hydrogen) atoms. The molecule has 0 saturated heterocycles. The van der Waals surface area contributed by atoms with Gasteiger partial charge in [0.2, 0.25) is 11.6 Å². The zero-order chi connectivity index (χ0) is 15.1. The third-order valence-electron chi connectivity index (χ3n) is 2.62. The van der Waals surface area contributed by atoms with Crippen molar-refractivity contribution < 1.29 is 22.3 Å². The van der Waals surface area contributed by atoms with E-state index >= 15 is 0 Å². The van der Waals surface area contributed by atoms with Gasteiger partial charge in [-0.25, -0.2) is 8.78 Å². The van der Waals surface area contributed by atoms with Crippen LogP contribution in [0.2, 0.25) is 0 Å². The van der Waals surface area contributed by atoms with Crippen LogP contribution in [0.3, 0.4) is 0 Å². The van der Waals surface area contributed by atoms with Crippen LogP contribution in [0.15, 0.2) is 6.07 Å². The molecule has 6 heteroatoms. The molecule has 0 fully saturated rings. The summed E-state index contributed by atoms with van der Waals surface area (Å²) in [6.45, 7) is 5.81. The monoisotopic (exact) mass is 293 g/mol. The van der Waals surface area contributed by atoms with E-state index in [0.717, 1.165) is 19.5 Å². The van der Waals surface area contributed by atoms with Crippen LogP contribution >= 0.6 is 0 Å². The first-order valence-electron chi connectivity index (χ1n) is 6.60. The van der Waals surface area contributed by atoms with Crippen LogP contribution in [-0.2, 0) is 0 Å². The minimum atomic E-state index is -1.50. The van der Waals surface area contributed by atoms with Gasteiger partial charge in [-0.2, -0.15) is 8.78 Å². The van der Waals surface area contributed by atoms with Crippen molar-refractivity contribution in [2.75, 3.05) is 19.7 Å². The van der Waals surface area contributed by atoms with Gasteiger partial charge in [0.15, 0.2) is 17.4 Å². The van der Waals surface area contributed by atoms with Crippen molar-refractivity contribution in [2.45, 2.75) is 26.7 Å². The molecule has 0 unspecified atom stereocenters. The van der Waals surface area contributed by atoms with Crippen molar-refractivity contribution in [3.05, 3.63) is 29.3 Å². The maximum Gasteiger partial charge on any atom is 0.203 e. The Hall–Kier alpha value is -1.30. The van der Waals surface area contributed by atoms with E-state index in [1.165, 1.54) is 0 Å². The quantitative estimate of drug-likeness (QED) is 0.449. The number of halogens is 4. The van der Waals surface area contributed by atoms with E-state index in [9.17, 15) is 17.6 Å². The van der Waals surface area contributed by atoms with E-state index in [1.54, 1.807) is 0 Å². The topological polar surface area (TPSA) is 21.3 Å². The number of ether oxygens (including phenoxy) is 1. The Labute approximate surface area is 116 Å². The minimum absolute atomic E-state index is 0.0000912. The molecule has 0 aliphatic rings. The van der Waals surface area contributed by atoms with E-state index < -0.39 is 29.0 Å². The van der Waals surface area contributed by atoms with Crippen LogP contribution < -0.4 is 10.1 Å². The minimum Gasteiger partial charge on any atom is -0.487 e. The number of hydrogen-bond donors (Lipinski definition) is 1. The molecule has 0 aromatic heterocycles. The van der Waals surface area contributed by atoms with Gasteiger partial charge in [0.1, 0.15) is 0 Å². The number of hydrogen-bond acceptors (Lipinski definition) is 2. The Bertz CT molecular complexity index is 411. The Kier molecular flexibility index (Phi) is 6.78. The second-order valence-corrected chi connectivity index (χ2v) is 4.95. The molecule has 1 rings (SSSR count). The highest BCUT2D eigenvalue weighted by Gasteiger charge is 2.20. The molecule has 0 aliphatic heterocycles. The van der Waals surface area contributed by atoms with Gasteiger partial charge < -0.3 is 10.1 Å². The van der Waals surface area contributed by atoms with Crippen molar-refractivity contribution in [1.29, 1.82) is 0 Å². The van der Waals surface area contributed by atoms with Crippen LogP contribution in [0.1, 0.15) is 26.7 Å². The smallest absolute Gasteiger partial charge is 0.203 e. The molecule has 0 bridgehead atoms. The predicted octanol–water partition coefficient (Wildman–Crippen LogP) is 3.65. The molecule has 1 aromatic carbocycles. The SMILES string of the molecule is CC(C)CNCCCCOc1c(F)c(F)cc(F)c1F. The standard InChI is InChI=1S/C14H19F4NO/c1-9(2)8-19-5-3-4-6-20-14-12(17)10(15)7-11(16)13(14)18/h7,9,19H,3-6,8H2,1-2H3. The molecule has 2 nitrogen and oxygen atoms in total. The fraction of sp³-hybridized carbons (Fsp3) is 0.571. The van der Waals surface area contributed by atoms with Crippen LogP contribution in [0, 0.1) is 29.2 Å². The van der Waals surface area contributed by atoms with Gasteiger partial charge in [-0.3, -0.25) is 0 Å². The molecule has 0 spiro atoms. The van der Waals surface area contributed by atoms with Crippen LogP contribution in [0.25, 0.3) is 0 Å². The van der Waals surface area contributed by atoms with E-state index in [2.05, 4.69) is 19.2 Å². The zero-order valence-electron chi connectivity index (χ0n) is 11.6. The maximum absolute atomic E-state index is 13.2. The molecule has 0 heterocycles. The fourth-order valence-electron chi connectivity index (χ4n) is 1.60. The molecule has 1 N–H and O–H groups in total. The zero-order valence-corrected chi connectivity index (χ0v) is 11.6. The number of rotatable bonds is 8. The van der Waals surface area contributed by atoms with Gasteiger partial charge in [-0.05, 0) is 31.8 Å². The highest BCUT2D eigenvalue weighted by molar-refractivity contribution is 5.28. The molecule has 1 aromatic rings. The lowest BCUT2D eigenvalue weighted by Crippen LogP contribution is -2.21. The van der Waals surface area contributed by atoms with Gasteiger partial charge in [-0.1, -0.05) is 13.8 Å². The normalized spacial score (nSPS) is 11.2. The van der Waals surface area contributed by atoms with Crippen LogP contribution in [0.4, 0.5) is 17.6 Å². The fourth-order valence-corrected chi connectivity index (χ4v) is 1.60. The number of benzene rings is 1. The molecule has 0 saturated carbocycles. The Morgan fingerprint density at radius 2 is 1.65 bits per heavy atom. The Morgan fingerprint density at radius 1 is 1.05 bits per heavy atom. The first kappa shape index (κ1) is 16.8. The van der Waals surface area contributed by atoms with E-state index in [1.807, 2.05) is 0 Å². The van der Waals surface area contributed by atoms with Gasteiger partial charge in [0, 0.05) is 6.07 Å². The number of unbranched alkanes of at least 4 members (excludes halogenated alkanes) is 1. The lowest BCUT2D eigenvalue weighted by atomic mass is 10.2. The third-order valence-corrected chi connectivity index (χ3v) is 2.62. The Balaban J connectivity index is 2.36. The average molecular weight is 293 g/mol. The Morgan fingerprint density at radius 3 is 2.20 bits per heavy atom. The summed E-state index contributed by atoms with van der Waals surface area (Å²) in [5, 5.41) is 3.20. The summed E-state index contributed by atoms with van der Waals surface area (Å²) in [5.41, 5.74) is 0. The summed E-state index contributed by atoms with van der Waals surface area (Å²) in [6.07, 6.45) is 1.27. The molecule has 0 atom stereocenters. The first-order chi connectivity index (χ1) is 9.43. The lowest BCUT2D eigenvalue weighted by Gasteiger charge is -2.10. The largest absolute Gasteiger partial charge is 0.487 e. The average Bonchev–Trinajstić information content (AvgIpc) is 2.38. The van der Waals surface area contributed by atoms with Gasteiger partial charge in [0.25, 0.3) is 0 Å². The second kappa shape index (κ2) is 8.09. The highest BCUT2D eigenvalue weighted by Crippen LogP contribution is 2.26. The van der Waals surface area contributed by atoms with E-state index in [4.69, 9.17) is 4.74 Å². The van der Waals surface area contributed by atoms with E-state index in [-0.39, 0.29) is 12.7 Å². The van der Waals surface area contributed by atoms with Crippen molar-refractivity contribution in [3.8, 4) is 5.75 Å². The van der Waals surface area contributed by atoms with Crippen LogP contribution in [0.5, 0.6) is 5.75 Å². The van der Waals surface area contributed by atoms with Crippen LogP contribution in [-0.4, -0.2) is 19.7 Å². The molecule has 114 valence electrons. The number of nitrogens with one attached hydrogen (secondary N) is 1. The summed E-state index contributed by atoms with van der Waals surface area (Å²) in [5.74, 6) is -6.36. The van der Waals surface area contributed by atoms with Gasteiger partial charge >= 0.3 is 0 Å². The van der Waals surface area contributed by atoms with Gasteiger partial charge in [0.05, 0.1) is 6.61 Å². The lowest BCUT2D eigenvalue weighted by molar-refractivity contribution is 0.264. The third kappa shape index (κ3) is 5.00. The molecule has 0 radical (unpaired) electrons. The van der Waals surface area contributed by atoms with Crippen molar-refractivity contribution >= 4 is 0 Å². The van der Waals surface area contributed by atoms with Crippen molar-refractivity contribution in [3.63, 3.8) is 0 Å². The van der Waals surface area contributed by atoms with Gasteiger partial charge in [-0.15, -0.1) is 0 Å². The first-order valence-corrected chi connectivity index (χ1v) is 6.60. The second-order valence-electron chi connectivity index (χ2n) is 4.95. The molecule has 0 aliphatic carbocycles. The maximum atomic E-state index is 13.2. The molecule has 0 amide bonds. The molecular formula is C14H19F4NO. The van der Waals surface area contributed by atoms with Crippen molar-refractivity contribution in [2.24, 2.45) is 5.92 Å². The summed E-state index contributed by atoms with van der Waals surface area (Å²) in [4.78, 5) is 0. The summed E-state index contributed by atoms with van der Waals surface area (Å²) in [7, 11) is 0. The molecular weight excluding hydrogens is 274 g/mol. The summed E-state index contributed by atoms with van der Waals surface area (Å²) >= 11 is 0. The van der Waals surface area contributed by atoms with E-state index in [0.29, 0.717) is 12.3 Å².